The van der Waals surface area contributed by atoms with Gasteiger partial charge in [0, 0.05) is 68.1 Å². The number of benzene rings is 2. The molecular weight excluding hydrogens is 476 g/mol. The van der Waals surface area contributed by atoms with Crippen LogP contribution in [-0.4, -0.2) is 59.9 Å². The van der Waals surface area contributed by atoms with E-state index < -0.39 is 10.0 Å². The van der Waals surface area contributed by atoms with Crippen molar-refractivity contribution in [1.82, 2.24) is 19.4 Å². The largest absolute Gasteiger partial charge is 0.368 e. The maximum absolute atomic E-state index is 12.9. The maximum atomic E-state index is 12.9. The number of fused-ring (bicyclic) bond motifs is 1. The Balaban J connectivity index is 1.15. The average Bonchev–Trinajstić information content (AvgIpc) is 3.23. The zero-order valence-corrected chi connectivity index (χ0v) is 20.9. The lowest BCUT2D eigenvalue weighted by molar-refractivity contribution is -0.131. The molecule has 4 aromatic rings. The van der Waals surface area contributed by atoms with E-state index in [-0.39, 0.29) is 16.6 Å². The van der Waals surface area contributed by atoms with E-state index in [4.69, 9.17) is 0 Å². The number of hydrogen-bond acceptors (Lipinski definition) is 6. The van der Waals surface area contributed by atoms with Crippen LogP contribution in [0.4, 0.5) is 11.5 Å². The second kappa shape index (κ2) is 9.98. The Hall–Kier alpha value is -3.92. The summed E-state index contributed by atoms with van der Waals surface area (Å²) in [5, 5.41) is 1.22. The number of sulfonamides is 1. The number of nitrogens with one attached hydrogen (secondary N) is 1. The molecule has 1 N–H and O–H groups in total. The molecule has 0 spiro atoms. The van der Waals surface area contributed by atoms with E-state index in [1.54, 1.807) is 24.3 Å². The molecule has 2 aromatic heterocycles. The quantitative estimate of drug-likeness (QED) is 0.415. The highest BCUT2D eigenvalue weighted by atomic mass is 32.2. The molecule has 0 saturated carbocycles. The molecule has 1 amide bonds. The van der Waals surface area contributed by atoms with Gasteiger partial charge >= 0.3 is 0 Å². The second-order valence-corrected chi connectivity index (χ2v) is 10.5. The molecule has 0 bridgehead atoms. The van der Waals surface area contributed by atoms with Gasteiger partial charge in [-0.2, -0.15) is 0 Å². The Morgan fingerprint density at radius 3 is 2.47 bits per heavy atom. The second-order valence-electron chi connectivity index (χ2n) is 8.83. The molecule has 36 heavy (non-hydrogen) atoms. The number of amides is 1. The number of piperazine rings is 1. The third-order valence-electron chi connectivity index (χ3n) is 6.52. The molecule has 0 radical (unpaired) electrons. The van der Waals surface area contributed by atoms with Crippen molar-refractivity contribution in [3.63, 3.8) is 0 Å². The topological polar surface area (TPSA) is 100 Å². The third-order valence-corrected chi connectivity index (χ3v) is 7.89. The van der Waals surface area contributed by atoms with Gasteiger partial charge < -0.3 is 14.4 Å². The summed E-state index contributed by atoms with van der Waals surface area (Å²) in [5.74, 6) is 0.372. The number of anilines is 2. The highest BCUT2D eigenvalue weighted by Gasteiger charge is 2.22. The fourth-order valence-corrected chi connectivity index (χ4v) is 5.60. The molecule has 10 heteroatoms. The van der Waals surface area contributed by atoms with Crippen LogP contribution in [0.5, 0.6) is 0 Å². The van der Waals surface area contributed by atoms with Crippen molar-refractivity contribution in [2.24, 2.45) is 0 Å². The van der Waals surface area contributed by atoms with Crippen LogP contribution < -0.4 is 9.62 Å². The van der Waals surface area contributed by atoms with Crippen molar-refractivity contribution in [3.8, 4) is 0 Å². The summed E-state index contributed by atoms with van der Waals surface area (Å²) in [7, 11) is -3.74. The minimum atomic E-state index is -3.74. The Morgan fingerprint density at radius 1 is 1.00 bits per heavy atom. The van der Waals surface area contributed by atoms with Gasteiger partial charge in [0.1, 0.15) is 12.1 Å². The molecule has 0 aliphatic carbocycles. The van der Waals surface area contributed by atoms with Crippen LogP contribution in [0.15, 0.2) is 78.2 Å². The highest BCUT2D eigenvalue weighted by Crippen LogP contribution is 2.23. The summed E-state index contributed by atoms with van der Waals surface area (Å²) in [6.45, 7) is 5.42. The van der Waals surface area contributed by atoms with E-state index in [1.165, 1.54) is 29.5 Å². The van der Waals surface area contributed by atoms with Gasteiger partial charge in [0.05, 0.1) is 4.90 Å². The fourth-order valence-electron chi connectivity index (χ4n) is 4.59. The van der Waals surface area contributed by atoms with Crippen LogP contribution in [0.25, 0.3) is 10.9 Å². The lowest BCUT2D eigenvalue weighted by Gasteiger charge is -2.36. The van der Waals surface area contributed by atoms with E-state index in [9.17, 15) is 13.2 Å². The van der Waals surface area contributed by atoms with Gasteiger partial charge in [0.25, 0.3) is 10.0 Å². The number of para-hydroxylation sites is 1. The minimum absolute atomic E-state index is 0.155. The summed E-state index contributed by atoms with van der Waals surface area (Å²) in [5.41, 5.74) is 3.30. The molecule has 2 aromatic carbocycles. The molecule has 1 aliphatic heterocycles. The van der Waals surface area contributed by atoms with Crippen LogP contribution in [0.1, 0.15) is 12.0 Å². The molecule has 186 valence electrons. The third kappa shape index (κ3) is 5.03. The van der Waals surface area contributed by atoms with Crippen LogP contribution in [0.2, 0.25) is 0 Å². The Kier molecular flexibility index (Phi) is 6.60. The van der Waals surface area contributed by atoms with E-state index >= 15 is 0 Å². The molecular formula is C26H28N6O3S. The lowest BCUT2D eigenvalue weighted by atomic mass is 10.2. The van der Waals surface area contributed by atoms with Crippen molar-refractivity contribution < 1.29 is 13.2 Å². The molecule has 0 unspecified atom stereocenters. The van der Waals surface area contributed by atoms with E-state index in [1.807, 2.05) is 17.0 Å². The number of aryl methyl sites for hydroxylation is 2. The van der Waals surface area contributed by atoms with Crippen molar-refractivity contribution >= 4 is 38.3 Å². The number of nitrogens with zero attached hydrogens (tertiary/aromatic N) is 5. The summed E-state index contributed by atoms with van der Waals surface area (Å²) >= 11 is 0. The van der Waals surface area contributed by atoms with Gasteiger partial charge in [0.15, 0.2) is 0 Å². The van der Waals surface area contributed by atoms with Crippen LogP contribution >= 0.6 is 0 Å². The van der Waals surface area contributed by atoms with Crippen LogP contribution in [0.3, 0.4) is 0 Å². The first-order valence-corrected chi connectivity index (χ1v) is 13.4. The number of carbonyl (C=O) groups excluding carboxylic acids is 1. The van der Waals surface area contributed by atoms with Gasteiger partial charge in [-0.05, 0) is 48.9 Å². The summed E-state index contributed by atoms with van der Waals surface area (Å²) in [4.78, 5) is 24.8. The smallest absolute Gasteiger partial charge is 0.263 e. The maximum Gasteiger partial charge on any atom is 0.263 e. The molecule has 3 heterocycles. The van der Waals surface area contributed by atoms with Gasteiger partial charge in [-0.3, -0.25) is 9.52 Å². The summed E-state index contributed by atoms with van der Waals surface area (Å²) in [6.07, 6.45) is 5.34. The number of aromatic nitrogens is 3. The lowest BCUT2D eigenvalue weighted by Crippen LogP contribution is -2.49. The van der Waals surface area contributed by atoms with Gasteiger partial charge in [-0.1, -0.05) is 18.2 Å². The number of rotatable bonds is 7. The summed E-state index contributed by atoms with van der Waals surface area (Å²) in [6, 6.07) is 16.5. The van der Waals surface area contributed by atoms with Crippen molar-refractivity contribution in [1.29, 1.82) is 0 Å². The Bertz CT molecular complexity index is 1460. The number of hydrogen-bond donors (Lipinski definition) is 1. The fraction of sp³-hybridized carbons (Fsp3) is 0.269. The molecule has 0 atom stereocenters. The van der Waals surface area contributed by atoms with E-state index in [0.717, 1.165) is 11.2 Å². The molecule has 1 aliphatic rings. The Labute approximate surface area is 210 Å². The predicted molar refractivity (Wildman–Crippen MR) is 139 cm³/mol. The van der Waals surface area contributed by atoms with Gasteiger partial charge in [-0.25, -0.2) is 18.4 Å². The van der Waals surface area contributed by atoms with Gasteiger partial charge in [0.2, 0.25) is 5.91 Å². The summed E-state index contributed by atoms with van der Waals surface area (Å²) < 4.78 is 29.8. The van der Waals surface area contributed by atoms with Crippen LogP contribution in [0, 0.1) is 6.92 Å². The first-order valence-electron chi connectivity index (χ1n) is 11.9. The van der Waals surface area contributed by atoms with E-state index in [2.05, 4.69) is 49.4 Å². The minimum Gasteiger partial charge on any atom is -0.368 e. The van der Waals surface area contributed by atoms with Crippen LogP contribution in [-0.2, 0) is 21.4 Å². The Morgan fingerprint density at radius 2 is 1.75 bits per heavy atom. The predicted octanol–water partition coefficient (Wildman–Crippen LogP) is 3.28. The standard InChI is InChI=1S/C26H28N6O3S/c1-20-18-32(24-5-3-2-4-23(20)24)13-11-26(33)31-16-14-30(15-17-31)21-6-8-22(9-7-21)36(34,35)29-25-10-12-27-19-28-25/h2-10,12,18-19H,11,13-17H2,1H3,(H,27,28,29). The SMILES string of the molecule is Cc1cn(CCC(=O)N2CCN(c3ccc(S(=O)(=O)Nc4ccncn4)cc3)CC2)c2ccccc12. The molecule has 5 rings (SSSR count). The first kappa shape index (κ1) is 23.8. The van der Waals surface area contributed by atoms with Gasteiger partial charge in [-0.15, -0.1) is 0 Å². The molecule has 1 fully saturated rings. The van der Waals surface area contributed by atoms with Crippen molar-refractivity contribution in [3.05, 3.63) is 78.9 Å². The zero-order chi connectivity index (χ0) is 25.1. The number of carbonyl (C=O) groups is 1. The van der Waals surface area contributed by atoms with E-state index in [0.29, 0.717) is 39.1 Å². The van der Waals surface area contributed by atoms with Crippen molar-refractivity contribution in [2.45, 2.75) is 24.8 Å². The molecule has 9 nitrogen and oxygen atoms in total. The van der Waals surface area contributed by atoms with Crippen molar-refractivity contribution in [2.75, 3.05) is 35.8 Å². The average molecular weight is 505 g/mol. The normalized spacial score (nSPS) is 14.2. The monoisotopic (exact) mass is 504 g/mol. The zero-order valence-electron chi connectivity index (χ0n) is 20.0. The highest BCUT2D eigenvalue weighted by molar-refractivity contribution is 7.92. The first-order chi connectivity index (χ1) is 17.4. The molecule has 1 saturated heterocycles.